The van der Waals surface area contributed by atoms with Crippen LogP contribution in [0.4, 0.5) is 4.39 Å². The zero-order valence-corrected chi connectivity index (χ0v) is 11.0. The highest BCUT2D eigenvalue weighted by atomic mass is 19.1. The number of halogens is 1. The third-order valence-electron chi connectivity index (χ3n) is 3.25. The Morgan fingerprint density at radius 2 is 1.70 bits per heavy atom. The molecule has 1 unspecified atom stereocenters. The normalized spacial score (nSPS) is 12.5. The highest BCUT2D eigenvalue weighted by Gasteiger charge is 2.14. The number of nitrogens with zero attached hydrogens (tertiary/aromatic N) is 2. The number of fused-ring (bicyclic) bond motifs is 1. The Hall–Kier alpha value is -2.33. The summed E-state index contributed by atoms with van der Waals surface area (Å²) < 4.78 is 13.0. The van der Waals surface area contributed by atoms with Gasteiger partial charge in [-0.25, -0.2) is 9.37 Å². The molecule has 100 valence electrons. The van der Waals surface area contributed by atoms with Crippen molar-refractivity contribution < 1.29 is 4.39 Å². The minimum atomic E-state index is -0.242. The van der Waals surface area contributed by atoms with Crippen LogP contribution in [-0.2, 0) is 0 Å². The summed E-state index contributed by atoms with van der Waals surface area (Å²) in [5.74, 6) is -0.242. The lowest BCUT2D eigenvalue weighted by molar-refractivity contribution is 0.622. The number of aromatic nitrogens is 2. The fraction of sp³-hybridized carbons (Fsp3) is 0.125. The fourth-order valence-corrected chi connectivity index (χ4v) is 2.25. The molecule has 3 rings (SSSR count). The summed E-state index contributed by atoms with van der Waals surface area (Å²) in [5, 5.41) is 3.19. The van der Waals surface area contributed by atoms with Gasteiger partial charge in [0.25, 0.3) is 0 Å². The van der Waals surface area contributed by atoms with E-state index in [0.29, 0.717) is 0 Å². The van der Waals surface area contributed by atoms with Gasteiger partial charge in [0.1, 0.15) is 5.82 Å². The third kappa shape index (κ3) is 2.38. The Morgan fingerprint density at radius 3 is 2.40 bits per heavy atom. The molecule has 0 saturated carbocycles. The first-order valence-corrected chi connectivity index (χ1v) is 6.42. The minimum absolute atomic E-state index is 0.104. The maximum Gasteiger partial charge on any atom is 0.123 e. The van der Waals surface area contributed by atoms with Crippen molar-refractivity contribution in [2.24, 2.45) is 0 Å². The first kappa shape index (κ1) is 12.7. The average molecular weight is 267 g/mol. The molecule has 0 aliphatic rings. The summed E-state index contributed by atoms with van der Waals surface area (Å²) in [6.07, 6.45) is 1.76. The molecule has 1 aromatic heterocycles. The molecule has 0 fully saturated rings. The molecule has 0 saturated heterocycles. The monoisotopic (exact) mass is 267 g/mol. The Bertz CT molecular complexity index is 725. The zero-order valence-electron chi connectivity index (χ0n) is 11.0. The molecule has 2 aromatic carbocycles. The van der Waals surface area contributed by atoms with Gasteiger partial charge in [-0.05, 0) is 36.9 Å². The molecule has 0 radical (unpaired) electrons. The van der Waals surface area contributed by atoms with Crippen LogP contribution in [0.2, 0.25) is 0 Å². The van der Waals surface area contributed by atoms with Gasteiger partial charge in [0, 0.05) is 0 Å². The van der Waals surface area contributed by atoms with Gasteiger partial charge in [0.15, 0.2) is 0 Å². The van der Waals surface area contributed by atoms with Crippen molar-refractivity contribution in [3.05, 3.63) is 71.8 Å². The van der Waals surface area contributed by atoms with Crippen molar-refractivity contribution in [3.63, 3.8) is 0 Å². The van der Waals surface area contributed by atoms with Crippen LogP contribution in [0.25, 0.3) is 11.0 Å². The molecule has 0 amide bonds. The predicted octanol–water partition coefficient (Wildman–Crippen LogP) is 3.08. The quantitative estimate of drug-likeness (QED) is 0.792. The maximum absolute atomic E-state index is 13.0. The second kappa shape index (κ2) is 5.35. The van der Waals surface area contributed by atoms with Crippen LogP contribution in [-0.4, -0.2) is 17.0 Å². The molecule has 1 heterocycles. The summed E-state index contributed by atoms with van der Waals surface area (Å²) in [5.41, 5.74) is 3.49. The van der Waals surface area contributed by atoms with Crippen LogP contribution < -0.4 is 5.32 Å². The lowest BCUT2D eigenvalue weighted by Crippen LogP contribution is -2.19. The lowest BCUT2D eigenvalue weighted by Gasteiger charge is -2.16. The van der Waals surface area contributed by atoms with Gasteiger partial charge in [-0.15, -0.1) is 0 Å². The van der Waals surface area contributed by atoms with Crippen molar-refractivity contribution in [1.82, 2.24) is 15.3 Å². The van der Waals surface area contributed by atoms with Crippen molar-refractivity contribution in [1.29, 1.82) is 0 Å². The number of hydrogen-bond donors (Lipinski definition) is 1. The SMILES string of the molecule is CNC(c1ccc(F)cc1)c1cnc2ccccc2n1. The van der Waals surface area contributed by atoms with E-state index in [1.54, 1.807) is 18.3 Å². The molecule has 0 spiro atoms. The minimum Gasteiger partial charge on any atom is -0.308 e. The lowest BCUT2D eigenvalue weighted by atomic mass is 10.0. The van der Waals surface area contributed by atoms with Gasteiger partial charge < -0.3 is 5.32 Å². The summed E-state index contributed by atoms with van der Waals surface area (Å²) in [6.45, 7) is 0. The first-order chi connectivity index (χ1) is 9.78. The zero-order chi connectivity index (χ0) is 13.9. The Balaban J connectivity index is 2.04. The van der Waals surface area contributed by atoms with Crippen molar-refractivity contribution in [2.45, 2.75) is 6.04 Å². The fourth-order valence-electron chi connectivity index (χ4n) is 2.25. The first-order valence-electron chi connectivity index (χ1n) is 6.42. The van der Waals surface area contributed by atoms with Gasteiger partial charge in [-0.3, -0.25) is 4.98 Å². The van der Waals surface area contributed by atoms with Crippen LogP contribution in [0.5, 0.6) is 0 Å². The van der Waals surface area contributed by atoms with Gasteiger partial charge in [-0.1, -0.05) is 24.3 Å². The summed E-state index contributed by atoms with van der Waals surface area (Å²) in [7, 11) is 1.85. The molecule has 20 heavy (non-hydrogen) atoms. The largest absolute Gasteiger partial charge is 0.308 e. The highest BCUT2D eigenvalue weighted by Crippen LogP contribution is 2.21. The van der Waals surface area contributed by atoms with E-state index in [2.05, 4.69) is 15.3 Å². The summed E-state index contributed by atoms with van der Waals surface area (Å²) in [6, 6.07) is 14.1. The average Bonchev–Trinajstić information content (AvgIpc) is 2.50. The summed E-state index contributed by atoms with van der Waals surface area (Å²) in [4.78, 5) is 9.04. The Labute approximate surface area is 116 Å². The summed E-state index contributed by atoms with van der Waals surface area (Å²) >= 11 is 0. The number of para-hydroxylation sites is 2. The molecule has 3 nitrogen and oxygen atoms in total. The van der Waals surface area contributed by atoms with E-state index in [4.69, 9.17) is 0 Å². The van der Waals surface area contributed by atoms with E-state index in [1.807, 2.05) is 31.3 Å². The second-order valence-corrected chi connectivity index (χ2v) is 4.56. The number of nitrogens with one attached hydrogen (secondary N) is 1. The van der Waals surface area contributed by atoms with Crippen molar-refractivity contribution in [2.75, 3.05) is 7.05 Å². The number of hydrogen-bond acceptors (Lipinski definition) is 3. The van der Waals surface area contributed by atoms with Crippen molar-refractivity contribution in [3.8, 4) is 0 Å². The molecule has 1 atom stereocenters. The number of rotatable bonds is 3. The predicted molar refractivity (Wildman–Crippen MR) is 76.8 cm³/mol. The van der Waals surface area contributed by atoms with E-state index in [-0.39, 0.29) is 11.9 Å². The van der Waals surface area contributed by atoms with Crippen molar-refractivity contribution >= 4 is 11.0 Å². The van der Waals surface area contributed by atoms with Crippen LogP contribution in [0.1, 0.15) is 17.3 Å². The third-order valence-corrected chi connectivity index (χ3v) is 3.25. The van der Waals surface area contributed by atoms with Crippen LogP contribution in [0.15, 0.2) is 54.7 Å². The van der Waals surface area contributed by atoms with Gasteiger partial charge in [0.05, 0.1) is 29.0 Å². The second-order valence-electron chi connectivity index (χ2n) is 4.56. The van der Waals surface area contributed by atoms with Crippen LogP contribution in [0.3, 0.4) is 0 Å². The van der Waals surface area contributed by atoms with E-state index in [9.17, 15) is 4.39 Å². The standard InChI is InChI=1S/C16H14FN3/c1-18-16(11-6-8-12(17)9-7-11)15-10-19-13-4-2-3-5-14(13)20-15/h2-10,16,18H,1H3. The Kier molecular flexibility index (Phi) is 3.39. The van der Waals surface area contributed by atoms with E-state index in [1.165, 1.54) is 12.1 Å². The van der Waals surface area contributed by atoms with E-state index >= 15 is 0 Å². The maximum atomic E-state index is 13.0. The molecule has 4 heteroatoms. The van der Waals surface area contributed by atoms with Crippen LogP contribution >= 0.6 is 0 Å². The van der Waals surface area contributed by atoms with E-state index < -0.39 is 0 Å². The molecule has 0 aliphatic heterocycles. The molecule has 0 bridgehead atoms. The topological polar surface area (TPSA) is 37.8 Å². The number of benzene rings is 2. The Morgan fingerprint density at radius 1 is 1.00 bits per heavy atom. The highest BCUT2D eigenvalue weighted by molar-refractivity contribution is 5.73. The molecule has 3 aromatic rings. The van der Waals surface area contributed by atoms with Gasteiger partial charge in [0.2, 0.25) is 0 Å². The smallest absolute Gasteiger partial charge is 0.123 e. The molecular weight excluding hydrogens is 253 g/mol. The van der Waals surface area contributed by atoms with E-state index in [0.717, 1.165) is 22.3 Å². The molecule has 1 N–H and O–H groups in total. The van der Waals surface area contributed by atoms with Gasteiger partial charge >= 0.3 is 0 Å². The van der Waals surface area contributed by atoms with Crippen LogP contribution in [0, 0.1) is 5.82 Å². The molecular formula is C16H14FN3. The molecule has 0 aliphatic carbocycles. The van der Waals surface area contributed by atoms with Gasteiger partial charge in [-0.2, -0.15) is 0 Å².